The molecule has 0 aliphatic heterocycles. The minimum absolute atomic E-state index is 0.398. The fraction of sp³-hybridized carbons (Fsp3) is 0.0556. The molecule has 5 nitrogen and oxygen atoms in total. The Balaban J connectivity index is 1.90. The number of halogens is 1. The molecule has 3 rings (SSSR count). The first kappa shape index (κ1) is 17.3. The van der Waals surface area contributed by atoms with Gasteiger partial charge in [0.2, 0.25) is 0 Å². The van der Waals surface area contributed by atoms with E-state index in [1.165, 1.54) is 6.08 Å². The summed E-state index contributed by atoms with van der Waals surface area (Å²) in [5, 5.41) is 5.83. The highest BCUT2D eigenvalue weighted by atomic mass is 35.5. The monoisotopic (exact) mass is 373 g/mol. The maximum atomic E-state index is 12.4. The van der Waals surface area contributed by atoms with Crippen LogP contribution in [0.5, 0.6) is 0 Å². The van der Waals surface area contributed by atoms with Crippen LogP contribution in [0.3, 0.4) is 0 Å². The molecule has 0 unspecified atom stereocenters. The van der Waals surface area contributed by atoms with Crippen LogP contribution in [0.25, 0.3) is 11.8 Å². The molecule has 0 saturated carbocycles. The molecule has 0 amide bonds. The van der Waals surface area contributed by atoms with Crippen LogP contribution in [-0.4, -0.2) is 18.2 Å². The molecule has 3 aromatic rings. The third-order valence-electron chi connectivity index (χ3n) is 3.52. The van der Waals surface area contributed by atoms with Crippen LogP contribution < -0.4 is 4.72 Å². The van der Waals surface area contributed by atoms with Crippen molar-refractivity contribution in [3.8, 4) is 5.69 Å². The van der Waals surface area contributed by atoms with Crippen LogP contribution in [0.1, 0.15) is 11.1 Å². The molecule has 0 bridgehead atoms. The van der Waals surface area contributed by atoms with Gasteiger partial charge in [0.05, 0.1) is 17.3 Å². The number of nitrogens with zero attached hydrogens (tertiary/aromatic N) is 2. The van der Waals surface area contributed by atoms with Crippen molar-refractivity contribution in [3.05, 3.63) is 82.4 Å². The van der Waals surface area contributed by atoms with Crippen molar-refractivity contribution in [3.63, 3.8) is 0 Å². The van der Waals surface area contributed by atoms with Crippen LogP contribution in [0.4, 0.5) is 5.82 Å². The van der Waals surface area contributed by atoms with E-state index in [-0.39, 0.29) is 0 Å². The van der Waals surface area contributed by atoms with Gasteiger partial charge in [0.25, 0.3) is 10.0 Å². The van der Waals surface area contributed by atoms with Crippen molar-refractivity contribution in [2.24, 2.45) is 0 Å². The minimum Gasteiger partial charge on any atom is -0.264 e. The molecule has 25 heavy (non-hydrogen) atoms. The lowest BCUT2D eigenvalue weighted by molar-refractivity contribution is 0.609. The molecule has 0 atom stereocenters. The van der Waals surface area contributed by atoms with Crippen LogP contribution in [0.15, 0.2) is 66.2 Å². The van der Waals surface area contributed by atoms with Gasteiger partial charge in [-0.15, -0.1) is 0 Å². The van der Waals surface area contributed by atoms with E-state index in [0.717, 1.165) is 16.7 Å². The molecule has 7 heteroatoms. The molecular formula is C18H16ClN3O2S. The maximum absolute atomic E-state index is 12.4. The summed E-state index contributed by atoms with van der Waals surface area (Å²) in [7, 11) is -3.72. The summed E-state index contributed by atoms with van der Waals surface area (Å²) in [5.41, 5.74) is 2.12. The second-order valence-corrected chi connectivity index (χ2v) is 7.37. The normalized spacial score (nSPS) is 11.8. The van der Waals surface area contributed by atoms with Crippen molar-refractivity contribution < 1.29 is 8.42 Å². The topological polar surface area (TPSA) is 64.0 Å². The largest absolute Gasteiger partial charge is 0.264 e. The molecule has 1 heterocycles. The average Bonchev–Trinajstić information content (AvgIpc) is 2.95. The van der Waals surface area contributed by atoms with E-state index in [9.17, 15) is 8.42 Å². The first-order valence-corrected chi connectivity index (χ1v) is 9.44. The van der Waals surface area contributed by atoms with Crippen molar-refractivity contribution in [2.45, 2.75) is 6.92 Å². The number of para-hydroxylation sites is 1. The number of hydrogen-bond acceptors (Lipinski definition) is 3. The summed E-state index contributed by atoms with van der Waals surface area (Å²) in [5.74, 6) is 0.398. The number of sulfonamides is 1. The smallest absolute Gasteiger partial charge is 0.256 e. The molecule has 0 aliphatic rings. The fourth-order valence-electron chi connectivity index (χ4n) is 2.26. The average molecular weight is 374 g/mol. The van der Waals surface area contributed by atoms with Gasteiger partial charge in [-0.3, -0.25) is 4.72 Å². The second-order valence-electron chi connectivity index (χ2n) is 5.39. The summed E-state index contributed by atoms with van der Waals surface area (Å²) in [6.07, 6.45) is 3.08. The summed E-state index contributed by atoms with van der Waals surface area (Å²) in [6, 6.07) is 16.3. The Morgan fingerprint density at radius 2 is 1.76 bits per heavy atom. The highest BCUT2D eigenvalue weighted by Gasteiger charge is 2.14. The van der Waals surface area contributed by atoms with Gasteiger partial charge in [0, 0.05) is 10.6 Å². The molecule has 2 aromatic carbocycles. The summed E-state index contributed by atoms with van der Waals surface area (Å²) >= 11 is 6.05. The van der Waals surface area contributed by atoms with Crippen LogP contribution >= 0.6 is 11.6 Å². The van der Waals surface area contributed by atoms with Crippen molar-refractivity contribution in [2.75, 3.05) is 4.72 Å². The molecule has 1 aromatic heterocycles. The highest BCUT2D eigenvalue weighted by molar-refractivity contribution is 7.95. The summed E-state index contributed by atoms with van der Waals surface area (Å²) < 4.78 is 29.0. The zero-order valence-corrected chi connectivity index (χ0v) is 15.0. The summed E-state index contributed by atoms with van der Waals surface area (Å²) in [4.78, 5) is 0. The SMILES string of the molecule is Cc1cnn(-c2ccccc2)c1NS(=O)(=O)/C=C/c1ccccc1Cl. The number of rotatable bonds is 5. The molecule has 0 saturated heterocycles. The van der Waals surface area contributed by atoms with Gasteiger partial charge in [-0.1, -0.05) is 48.0 Å². The number of aryl methyl sites for hydroxylation is 1. The Labute approximate surface area is 151 Å². The Bertz CT molecular complexity index is 1010. The van der Waals surface area contributed by atoms with Crippen LogP contribution in [0, 0.1) is 6.92 Å². The number of nitrogens with one attached hydrogen (secondary N) is 1. The van der Waals surface area contributed by atoms with Gasteiger partial charge in [-0.25, -0.2) is 13.1 Å². The predicted molar refractivity (Wildman–Crippen MR) is 101 cm³/mol. The number of aromatic nitrogens is 2. The Hall–Kier alpha value is -2.57. The third kappa shape index (κ3) is 4.10. The zero-order valence-electron chi connectivity index (χ0n) is 13.4. The van der Waals surface area contributed by atoms with E-state index < -0.39 is 10.0 Å². The van der Waals surface area contributed by atoms with Gasteiger partial charge in [0.1, 0.15) is 5.82 Å². The van der Waals surface area contributed by atoms with Gasteiger partial charge in [0.15, 0.2) is 0 Å². The van der Waals surface area contributed by atoms with Gasteiger partial charge < -0.3 is 0 Å². The third-order valence-corrected chi connectivity index (χ3v) is 4.84. The first-order chi connectivity index (χ1) is 12.0. The van der Waals surface area contributed by atoms with Crippen LogP contribution in [0.2, 0.25) is 5.02 Å². The molecule has 0 fully saturated rings. The first-order valence-electron chi connectivity index (χ1n) is 7.52. The van der Waals surface area contributed by atoms with E-state index in [0.29, 0.717) is 16.4 Å². The lowest BCUT2D eigenvalue weighted by atomic mass is 10.2. The van der Waals surface area contributed by atoms with E-state index in [2.05, 4.69) is 9.82 Å². The lowest BCUT2D eigenvalue weighted by Gasteiger charge is -2.10. The Morgan fingerprint density at radius 3 is 2.48 bits per heavy atom. The quantitative estimate of drug-likeness (QED) is 0.727. The highest BCUT2D eigenvalue weighted by Crippen LogP contribution is 2.22. The van der Waals surface area contributed by atoms with Crippen molar-refractivity contribution in [1.82, 2.24) is 9.78 Å². The van der Waals surface area contributed by atoms with E-state index in [4.69, 9.17) is 11.6 Å². The van der Waals surface area contributed by atoms with Gasteiger partial charge in [-0.2, -0.15) is 5.10 Å². The van der Waals surface area contributed by atoms with Crippen LogP contribution in [-0.2, 0) is 10.0 Å². The molecule has 1 N–H and O–H groups in total. The zero-order chi connectivity index (χ0) is 17.9. The van der Waals surface area contributed by atoms with E-state index in [1.807, 2.05) is 30.3 Å². The van der Waals surface area contributed by atoms with Gasteiger partial charge in [-0.05, 0) is 36.8 Å². The van der Waals surface area contributed by atoms with Crippen molar-refractivity contribution >= 4 is 33.5 Å². The summed E-state index contributed by atoms with van der Waals surface area (Å²) in [6.45, 7) is 1.79. The van der Waals surface area contributed by atoms with Crippen molar-refractivity contribution in [1.29, 1.82) is 0 Å². The van der Waals surface area contributed by atoms with Gasteiger partial charge >= 0.3 is 0 Å². The van der Waals surface area contributed by atoms with E-state index in [1.54, 1.807) is 42.1 Å². The number of hydrogen-bond donors (Lipinski definition) is 1. The standard InChI is InChI=1S/C18H16ClN3O2S/c1-14-13-20-22(16-8-3-2-4-9-16)18(14)21-25(23,24)12-11-15-7-5-6-10-17(15)19/h2-13,21H,1H3/b12-11+. The molecule has 128 valence electrons. The number of benzene rings is 2. The Morgan fingerprint density at radius 1 is 1.08 bits per heavy atom. The lowest BCUT2D eigenvalue weighted by Crippen LogP contribution is -2.13. The molecule has 0 radical (unpaired) electrons. The number of anilines is 1. The molecule has 0 aliphatic carbocycles. The minimum atomic E-state index is -3.72. The molecular weight excluding hydrogens is 358 g/mol. The predicted octanol–water partition coefficient (Wildman–Crippen LogP) is 4.25. The second kappa shape index (κ2) is 7.13. The molecule has 0 spiro atoms. The Kier molecular flexibility index (Phi) is 4.92. The van der Waals surface area contributed by atoms with E-state index >= 15 is 0 Å². The maximum Gasteiger partial charge on any atom is 0.256 e. The fourth-order valence-corrected chi connectivity index (χ4v) is 3.37.